The van der Waals surface area contributed by atoms with Crippen molar-refractivity contribution in [2.75, 3.05) is 0 Å². The summed E-state index contributed by atoms with van der Waals surface area (Å²) in [6.45, 7) is 6.08. The van der Waals surface area contributed by atoms with Crippen molar-refractivity contribution in [1.29, 1.82) is 0 Å². The van der Waals surface area contributed by atoms with E-state index < -0.39 is 29.7 Å². The Labute approximate surface area is 148 Å². The Morgan fingerprint density at radius 2 is 1.40 bits per heavy atom. The zero-order valence-electron chi connectivity index (χ0n) is 15.3. The fourth-order valence-electron chi connectivity index (χ4n) is 2.18. The van der Waals surface area contributed by atoms with Crippen LogP contribution in [0.5, 0.6) is 0 Å². The maximum atomic E-state index is 11.0. The molecular formula is C18H30O7. The summed E-state index contributed by atoms with van der Waals surface area (Å²) < 4.78 is 0. The first-order valence-electron chi connectivity index (χ1n) is 8.10. The summed E-state index contributed by atoms with van der Waals surface area (Å²) in [7, 11) is 0. The summed E-state index contributed by atoms with van der Waals surface area (Å²) in [4.78, 5) is 11.0. The summed E-state index contributed by atoms with van der Waals surface area (Å²) in [5.74, 6) is -6.38. The lowest BCUT2D eigenvalue weighted by molar-refractivity contribution is -0.281. The summed E-state index contributed by atoms with van der Waals surface area (Å²) >= 11 is 0. The van der Waals surface area contributed by atoms with E-state index in [-0.39, 0.29) is 5.57 Å². The molecule has 0 heterocycles. The maximum Gasteiger partial charge on any atom is 0.299 e. The Morgan fingerprint density at radius 3 is 1.88 bits per heavy atom. The third kappa shape index (κ3) is 9.52. The van der Waals surface area contributed by atoms with Gasteiger partial charge in [0.05, 0.1) is 6.42 Å². The average Bonchev–Trinajstić information content (AvgIpc) is 2.43. The minimum absolute atomic E-state index is 0.0525. The van der Waals surface area contributed by atoms with Crippen LogP contribution < -0.4 is 0 Å². The first-order valence-corrected chi connectivity index (χ1v) is 8.10. The second kappa shape index (κ2) is 9.84. The van der Waals surface area contributed by atoms with E-state index in [1.807, 2.05) is 13.0 Å². The topological polar surface area (TPSA) is 138 Å². The number of aliphatic hydroxyl groups excluding tert-OH is 1. The minimum atomic E-state index is -2.79. The van der Waals surface area contributed by atoms with Crippen molar-refractivity contribution in [1.82, 2.24) is 0 Å². The molecule has 0 aliphatic rings. The highest BCUT2D eigenvalue weighted by molar-refractivity contribution is 5.76. The predicted octanol–water partition coefficient (Wildman–Crippen LogP) is 1.56. The Bertz CT molecular complexity index is 548. The molecule has 0 atom stereocenters. The smallest absolute Gasteiger partial charge is 0.299 e. The molecule has 0 fully saturated rings. The molecule has 0 rings (SSSR count). The predicted molar refractivity (Wildman–Crippen MR) is 93.2 cm³/mol. The van der Waals surface area contributed by atoms with Gasteiger partial charge in [-0.1, -0.05) is 17.7 Å². The molecule has 0 radical (unpaired) electrons. The second-order valence-corrected chi connectivity index (χ2v) is 6.47. The third-order valence-corrected chi connectivity index (χ3v) is 3.81. The molecule has 7 heteroatoms. The standard InChI is InChI=1S/C18H30O7/c1-12(8-6-10-14(3)18(23,24)25)7-5-9-13(2)16(20)17(21,22)11-15(4)19/h7,10,20-25H,5-6,8-9,11H2,1-4H3. The molecule has 0 unspecified atom stereocenters. The average molecular weight is 358 g/mol. The van der Waals surface area contributed by atoms with Gasteiger partial charge in [-0.25, -0.2) is 0 Å². The van der Waals surface area contributed by atoms with Gasteiger partial charge in [-0.3, -0.25) is 4.79 Å². The van der Waals surface area contributed by atoms with Crippen LogP contribution in [0.15, 0.2) is 34.6 Å². The quantitative estimate of drug-likeness (QED) is 0.198. The minimum Gasteiger partial charge on any atom is -0.507 e. The monoisotopic (exact) mass is 358 g/mol. The van der Waals surface area contributed by atoms with Crippen molar-refractivity contribution in [3.63, 3.8) is 0 Å². The van der Waals surface area contributed by atoms with Crippen molar-refractivity contribution < 1.29 is 35.4 Å². The van der Waals surface area contributed by atoms with Crippen LogP contribution in [0.25, 0.3) is 0 Å². The number of carbonyl (C=O) groups excluding carboxylic acids is 1. The fourth-order valence-corrected chi connectivity index (χ4v) is 2.18. The molecule has 0 aliphatic heterocycles. The van der Waals surface area contributed by atoms with Crippen molar-refractivity contribution in [3.05, 3.63) is 34.6 Å². The lowest BCUT2D eigenvalue weighted by atomic mass is 10.0. The van der Waals surface area contributed by atoms with Gasteiger partial charge in [0, 0.05) is 5.57 Å². The number of ketones is 1. The molecule has 144 valence electrons. The fraction of sp³-hybridized carbons (Fsp3) is 0.611. The molecule has 6 N–H and O–H groups in total. The number of Topliss-reactive ketones (excluding diaryl/α,β-unsaturated/α-hetero) is 1. The molecular weight excluding hydrogens is 328 g/mol. The van der Waals surface area contributed by atoms with Crippen LogP contribution in [-0.2, 0) is 4.79 Å². The Kier molecular flexibility index (Phi) is 9.24. The molecule has 0 aromatic rings. The Hall–Kier alpha value is -1.51. The van der Waals surface area contributed by atoms with E-state index in [0.717, 1.165) is 5.57 Å². The summed E-state index contributed by atoms with van der Waals surface area (Å²) in [5, 5.41) is 56.2. The zero-order valence-corrected chi connectivity index (χ0v) is 15.3. The molecule has 0 aromatic carbocycles. The first-order chi connectivity index (χ1) is 11.3. The van der Waals surface area contributed by atoms with Gasteiger partial charge in [-0.2, -0.15) is 0 Å². The number of rotatable bonds is 10. The van der Waals surface area contributed by atoms with Gasteiger partial charge in [0.2, 0.25) is 5.79 Å². The van der Waals surface area contributed by atoms with Gasteiger partial charge >= 0.3 is 0 Å². The van der Waals surface area contributed by atoms with Gasteiger partial charge in [0.1, 0.15) is 5.78 Å². The van der Waals surface area contributed by atoms with Gasteiger partial charge in [-0.15, -0.1) is 0 Å². The van der Waals surface area contributed by atoms with E-state index in [0.29, 0.717) is 31.3 Å². The highest BCUT2D eigenvalue weighted by Crippen LogP contribution is 2.22. The first kappa shape index (κ1) is 23.5. The molecule has 0 spiro atoms. The lowest BCUT2D eigenvalue weighted by Crippen LogP contribution is -2.34. The van der Waals surface area contributed by atoms with E-state index in [9.17, 15) is 20.1 Å². The van der Waals surface area contributed by atoms with Gasteiger partial charge in [0.25, 0.3) is 5.97 Å². The van der Waals surface area contributed by atoms with Crippen LogP contribution in [0, 0.1) is 0 Å². The van der Waals surface area contributed by atoms with E-state index in [1.165, 1.54) is 19.9 Å². The number of hydrogen-bond donors (Lipinski definition) is 6. The van der Waals surface area contributed by atoms with Gasteiger partial charge < -0.3 is 30.6 Å². The summed E-state index contributed by atoms with van der Waals surface area (Å²) in [6, 6.07) is 0. The normalized spacial score (nSPS) is 15.2. The van der Waals surface area contributed by atoms with E-state index >= 15 is 0 Å². The molecule has 0 bridgehead atoms. The largest absolute Gasteiger partial charge is 0.507 e. The van der Waals surface area contributed by atoms with E-state index in [2.05, 4.69) is 0 Å². The van der Waals surface area contributed by atoms with Crippen molar-refractivity contribution in [2.45, 2.75) is 71.6 Å². The molecule has 7 nitrogen and oxygen atoms in total. The Morgan fingerprint density at radius 1 is 0.880 bits per heavy atom. The number of carbonyl (C=O) groups is 1. The van der Waals surface area contributed by atoms with Crippen molar-refractivity contribution >= 4 is 5.78 Å². The highest BCUT2D eigenvalue weighted by atomic mass is 16.7. The molecule has 0 amide bonds. The molecule has 0 aromatic heterocycles. The molecule has 0 saturated heterocycles. The highest BCUT2D eigenvalue weighted by Gasteiger charge is 2.31. The zero-order chi connectivity index (χ0) is 19.8. The van der Waals surface area contributed by atoms with Crippen molar-refractivity contribution in [3.8, 4) is 0 Å². The van der Waals surface area contributed by atoms with Crippen LogP contribution >= 0.6 is 0 Å². The van der Waals surface area contributed by atoms with E-state index in [4.69, 9.17) is 15.3 Å². The Balaban J connectivity index is 4.59. The second-order valence-electron chi connectivity index (χ2n) is 6.47. The van der Waals surface area contributed by atoms with Crippen molar-refractivity contribution in [2.24, 2.45) is 0 Å². The number of aliphatic hydroxyl groups is 6. The molecule has 0 aliphatic carbocycles. The van der Waals surface area contributed by atoms with Crippen LogP contribution in [0.4, 0.5) is 0 Å². The van der Waals surface area contributed by atoms with E-state index in [1.54, 1.807) is 6.92 Å². The van der Waals surface area contributed by atoms with Crippen LogP contribution in [-0.4, -0.2) is 48.2 Å². The van der Waals surface area contributed by atoms with Gasteiger partial charge in [0.15, 0.2) is 5.76 Å². The van der Waals surface area contributed by atoms with Gasteiger partial charge in [-0.05, 0) is 59.0 Å². The number of allylic oxidation sites excluding steroid dienone is 4. The maximum absolute atomic E-state index is 11.0. The summed E-state index contributed by atoms with van der Waals surface area (Å²) in [5.41, 5.74) is 1.46. The van der Waals surface area contributed by atoms with Crippen LogP contribution in [0.2, 0.25) is 0 Å². The van der Waals surface area contributed by atoms with Crippen LogP contribution in [0.1, 0.15) is 59.8 Å². The molecule has 25 heavy (non-hydrogen) atoms. The SMILES string of the molecule is CC(=O)CC(O)(O)C(O)=C(C)CCC=C(C)CCC=C(C)C(O)(O)O. The lowest BCUT2D eigenvalue weighted by Gasteiger charge is -2.21. The summed E-state index contributed by atoms with van der Waals surface area (Å²) in [6.07, 6.45) is 5.01. The molecule has 0 saturated carbocycles. The van der Waals surface area contributed by atoms with Crippen LogP contribution in [0.3, 0.4) is 0 Å². The number of hydrogen-bond acceptors (Lipinski definition) is 7. The third-order valence-electron chi connectivity index (χ3n) is 3.81.